The van der Waals surface area contributed by atoms with Gasteiger partial charge in [-0.05, 0) is 62.4 Å². The zero-order chi connectivity index (χ0) is 11.8. The van der Waals surface area contributed by atoms with Gasteiger partial charge in [-0.2, -0.15) is 0 Å². The molecule has 0 bridgehead atoms. The third-order valence-electron chi connectivity index (χ3n) is 3.79. The van der Waals surface area contributed by atoms with Gasteiger partial charge in [-0.3, -0.25) is 0 Å². The number of hydrogen-bond acceptors (Lipinski definition) is 1. The molecule has 0 heterocycles. The molecule has 1 unspecified atom stereocenters. The molecule has 1 aliphatic carbocycles. The molecule has 1 aliphatic rings. The van der Waals surface area contributed by atoms with E-state index in [0.29, 0.717) is 11.5 Å². The number of halogens is 2. The zero-order valence-electron chi connectivity index (χ0n) is 9.69. The third kappa shape index (κ3) is 2.30. The van der Waals surface area contributed by atoms with Gasteiger partial charge < -0.3 is 5.32 Å². The van der Waals surface area contributed by atoms with Crippen molar-refractivity contribution in [3.63, 3.8) is 0 Å². The second kappa shape index (κ2) is 4.46. The molecule has 0 spiro atoms. The fraction of sp³-hybridized carbons (Fsp3) is 0.538. The highest BCUT2D eigenvalue weighted by Gasteiger charge is 2.46. The van der Waals surface area contributed by atoms with Crippen LogP contribution in [0.1, 0.15) is 25.3 Å². The van der Waals surface area contributed by atoms with Gasteiger partial charge in [0.05, 0.1) is 0 Å². The van der Waals surface area contributed by atoms with Crippen molar-refractivity contribution in [3.8, 4) is 0 Å². The zero-order valence-corrected chi connectivity index (χ0v) is 11.3. The summed E-state index contributed by atoms with van der Waals surface area (Å²) in [6.45, 7) is 2.21. The summed E-state index contributed by atoms with van der Waals surface area (Å²) in [5.74, 6) is -0.147. The van der Waals surface area contributed by atoms with Crippen LogP contribution in [0, 0.1) is 11.2 Å². The third-order valence-corrected chi connectivity index (χ3v) is 4.57. The van der Waals surface area contributed by atoms with E-state index >= 15 is 0 Å². The standard InChI is InChI=1S/C13H17BrFN/c1-9(16-2)13(5-6-13)8-10-7-11(15)3-4-12(10)14/h3-4,7,9,16H,5-6,8H2,1-2H3. The molecule has 0 aromatic heterocycles. The van der Waals surface area contributed by atoms with Gasteiger partial charge in [-0.25, -0.2) is 4.39 Å². The van der Waals surface area contributed by atoms with E-state index in [9.17, 15) is 4.39 Å². The fourth-order valence-corrected chi connectivity index (χ4v) is 2.67. The van der Waals surface area contributed by atoms with E-state index in [1.54, 1.807) is 12.1 Å². The molecule has 2 rings (SSSR count). The Morgan fingerprint density at radius 1 is 1.50 bits per heavy atom. The lowest BCUT2D eigenvalue weighted by molar-refractivity contribution is 0.368. The Morgan fingerprint density at radius 3 is 2.75 bits per heavy atom. The monoisotopic (exact) mass is 285 g/mol. The first-order valence-electron chi connectivity index (χ1n) is 5.68. The van der Waals surface area contributed by atoms with Crippen LogP contribution in [0.3, 0.4) is 0 Å². The van der Waals surface area contributed by atoms with Gasteiger partial charge in [0.25, 0.3) is 0 Å². The number of rotatable bonds is 4. The van der Waals surface area contributed by atoms with Gasteiger partial charge in [-0.15, -0.1) is 0 Å². The van der Waals surface area contributed by atoms with E-state index in [0.717, 1.165) is 16.5 Å². The number of hydrogen-bond donors (Lipinski definition) is 1. The molecule has 1 N–H and O–H groups in total. The maximum atomic E-state index is 13.2. The van der Waals surface area contributed by atoms with Crippen molar-refractivity contribution in [2.24, 2.45) is 5.41 Å². The van der Waals surface area contributed by atoms with Gasteiger partial charge >= 0.3 is 0 Å². The Kier molecular flexibility index (Phi) is 3.36. The lowest BCUT2D eigenvalue weighted by Gasteiger charge is -2.23. The molecule has 3 heteroatoms. The molecule has 0 radical (unpaired) electrons. The maximum absolute atomic E-state index is 13.2. The van der Waals surface area contributed by atoms with Crippen molar-refractivity contribution in [3.05, 3.63) is 34.1 Å². The summed E-state index contributed by atoms with van der Waals surface area (Å²) in [6.07, 6.45) is 3.42. The van der Waals surface area contributed by atoms with Crippen LogP contribution in [0.15, 0.2) is 22.7 Å². The summed E-state index contributed by atoms with van der Waals surface area (Å²) in [6, 6.07) is 5.43. The molecule has 1 nitrogen and oxygen atoms in total. The van der Waals surface area contributed by atoms with Gasteiger partial charge in [0, 0.05) is 10.5 Å². The SMILES string of the molecule is CNC(C)C1(Cc2cc(F)ccc2Br)CC1. The molecule has 1 aromatic rings. The van der Waals surface area contributed by atoms with E-state index in [2.05, 4.69) is 28.2 Å². The average molecular weight is 286 g/mol. The van der Waals surface area contributed by atoms with E-state index in [-0.39, 0.29) is 5.82 Å². The van der Waals surface area contributed by atoms with Crippen molar-refractivity contribution in [1.82, 2.24) is 5.32 Å². The number of benzene rings is 1. The van der Waals surface area contributed by atoms with Crippen LogP contribution in [0.5, 0.6) is 0 Å². The first kappa shape index (κ1) is 12.1. The highest BCUT2D eigenvalue weighted by Crippen LogP contribution is 2.51. The van der Waals surface area contributed by atoms with E-state index in [1.165, 1.54) is 18.9 Å². The molecule has 0 aliphatic heterocycles. The Labute approximate surface area is 105 Å². The predicted octanol–water partition coefficient (Wildman–Crippen LogP) is 3.52. The normalized spacial score (nSPS) is 19.5. The van der Waals surface area contributed by atoms with E-state index in [4.69, 9.17) is 0 Å². The molecular weight excluding hydrogens is 269 g/mol. The highest BCUT2D eigenvalue weighted by atomic mass is 79.9. The Hall–Kier alpha value is -0.410. The average Bonchev–Trinajstić information content (AvgIpc) is 3.03. The van der Waals surface area contributed by atoms with Crippen LogP contribution >= 0.6 is 15.9 Å². The van der Waals surface area contributed by atoms with Crippen LogP contribution in [0.4, 0.5) is 4.39 Å². The van der Waals surface area contributed by atoms with E-state index < -0.39 is 0 Å². The van der Waals surface area contributed by atoms with Gasteiger partial charge in [0.15, 0.2) is 0 Å². The molecule has 1 saturated carbocycles. The molecule has 0 amide bonds. The molecule has 88 valence electrons. The minimum absolute atomic E-state index is 0.147. The van der Waals surface area contributed by atoms with Crippen LogP contribution in [0.25, 0.3) is 0 Å². The minimum atomic E-state index is -0.147. The Bertz CT molecular complexity index is 388. The summed E-state index contributed by atoms with van der Waals surface area (Å²) < 4.78 is 14.2. The van der Waals surface area contributed by atoms with Crippen molar-refractivity contribution >= 4 is 15.9 Å². The molecule has 16 heavy (non-hydrogen) atoms. The quantitative estimate of drug-likeness (QED) is 0.893. The lowest BCUT2D eigenvalue weighted by Crippen LogP contribution is -2.33. The summed E-state index contributed by atoms with van der Waals surface area (Å²) >= 11 is 3.49. The second-order valence-corrected chi connectivity index (χ2v) is 5.64. The first-order valence-corrected chi connectivity index (χ1v) is 6.48. The maximum Gasteiger partial charge on any atom is 0.123 e. The van der Waals surface area contributed by atoms with E-state index in [1.807, 2.05) is 7.05 Å². The van der Waals surface area contributed by atoms with Crippen molar-refractivity contribution in [2.45, 2.75) is 32.2 Å². The lowest BCUT2D eigenvalue weighted by atomic mass is 9.90. The van der Waals surface area contributed by atoms with Crippen LogP contribution < -0.4 is 5.32 Å². The van der Waals surface area contributed by atoms with Crippen molar-refractivity contribution in [1.29, 1.82) is 0 Å². The van der Waals surface area contributed by atoms with Gasteiger partial charge in [-0.1, -0.05) is 15.9 Å². The molecule has 1 fully saturated rings. The van der Waals surface area contributed by atoms with Gasteiger partial charge in [0.1, 0.15) is 5.82 Å². The fourth-order valence-electron chi connectivity index (χ4n) is 2.29. The summed E-state index contributed by atoms with van der Waals surface area (Å²) in [7, 11) is 1.99. The molecule has 1 aromatic carbocycles. The van der Waals surface area contributed by atoms with Crippen LogP contribution in [-0.4, -0.2) is 13.1 Å². The second-order valence-electron chi connectivity index (χ2n) is 4.79. The molecule has 0 saturated heterocycles. The Balaban J connectivity index is 2.18. The highest BCUT2D eigenvalue weighted by molar-refractivity contribution is 9.10. The molecular formula is C13H17BrFN. The summed E-state index contributed by atoms with van der Waals surface area (Å²) in [4.78, 5) is 0. The topological polar surface area (TPSA) is 12.0 Å². The Morgan fingerprint density at radius 2 is 2.19 bits per heavy atom. The van der Waals surface area contributed by atoms with Crippen LogP contribution in [0.2, 0.25) is 0 Å². The van der Waals surface area contributed by atoms with Crippen molar-refractivity contribution in [2.75, 3.05) is 7.05 Å². The first-order chi connectivity index (χ1) is 7.57. The van der Waals surface area contributed by atoms with Crippen LogP contribution in [-0.2, 0) is 6.42 Å². The largest absolute Gasteiger partial charge is 0.317 e. The summed E-state index contributed by atoms with van der Waals surface area (Å²) in [5.41, 5.74) is 1.42. The van der Waals surface area contributed by atoms with Crippen molar-refractivity contribution < 1.29 is 4.39 Å². The summed E-state index contributed by atoms with van der Waals surface area (Å²) in [5, 5.41) is 3.31. The predicted molar refractivity (Wildman–Crippen MR) is 68.0 cm³/mol. The molecule has 1 atom stereocenters. The minimum Gasteiger partial charge on any atom is -0.317 e. The smallest absolute Gasteiger partial charge is 0.123 e. The van der Waals surface area contributed by atoms with Gasteiger partial charge in [0.2, 0.25) is 0 Å². The number of nitrogens with one attached hydrogen (secondary N) is 1.